The molecule has 9 heteroatoms. The first kappa shape index (κ1) is 20.4. The third-order valence-corrected chi connectivity index (χ3v) is 4.24. The number of fused-ring (bicyclic) bond motifs is 1. The van der Waals surface area contributed by atoms with Crippen LogP contribution in [0.15, 0.2) is 35.4 Å². The Labute approximate surface area is 167 Å². The highest BCUT2D eigenvalue weighted by atomic mass is 19.1. The molecule has 1 aliphatic heterocycles. The summed E-state index contributed by atoms with van der Waals surface area (Å²) < 4.78 is 40.8. The Balaban J connectivity index is 1.72. The molecule has 1 heterocycles. The van der Waals surface area contributed by atoms with Crippen molar-refractivity contribution in [2.24, 2.45) is 5.10 Å². The molecule has 2 aromatic carbocycles. The van der Waals surface area contributed by atoms with Crippen molar-refractivity contribution in [1.82, 2.24) is 5.43 Å². The van der Waals surface area contributed by atoms with Gasteiger partial charge in [-0.2, -0.15) is 5.10 Å². The first-order valence-electron chi connectivity index (χ1n) is 8.74. The predicted molar refractivity (Wildman–Crippen MR) is 102 cm³/mol. The number of ether oxygens (including phenoxy) is 5. The molecule has 0 radical (unpaired) electrons. The summed E-state index contributed by atoms with van der Waals surface area (Å²) >= 11 is 0. The van der Waals surface area contributed by atoms with Gasteiger partial charge in [-0.3, -0.25) is 4.79 Å². The van der Waals surface area contributed by atoms with Crippen molar-refractivity contribution in [2.45, 2.75) is 6.10 Å². The molecular weight excluding hydrogens is 383 g/mol. The van der Waals surface area contributed by atoms with E-state index < -0.39 is 17.8 Å². The topological polar surface area (TPSA) is 87.6 Å². The van der Waals surface area contributed by atoms with Gasteiger partial charge in [0.05, 0.1) is 20.4 Å². The molecule has 0 aromatic heterocycles. The highest BCUT2D eigenvalue weighted by molar-refractivity contribution is 5.86. The minimum atomic E-state index is -0.932. The fraction of sp³-hybridized carbons (Fsp3) is 0.300. The molecule has 1 atom stereocenters. The third kappa shape index (κ3) is 4.40. The molecule has 154 valence electrons. The maximum absolute atomic E-state index is 14.4. The molecule has 1 aliphatic rings. The van der Waals surface area contributed by atoms with Gasteiger partial charge in [0.25, 0.3) is 5.91 Å². The highest BCUT2D eigenvalue weighted by Crippen LogP contribution is 2.33. The van der Waals surface area contributed by atoms with Gasteiger partial charge in [0.1, 0.15) is 13.2 Å². The minimum absolute atomic E-state index is 0.0474. The van der Waals surface area contributed by atoms with Crippen LogP contribution in [0.25, 0.3) is 0 Å². The van der Waals surface area contributed by atoms with Crippen molar-refractivity contribution in [2.75, 3.05) is 34.5 Å². The standard InChI is InChI=1S/C20H21FN2O6/c1-25-15-7-5-13(17(21)19(15)27-3)11-22-23-20(24)18(26-2)12-4-6-14-16(10-12)29-9-8-28-14/h4-7,10-11,18H,8-9H2,1-3H3,(H,23,24). The molecular formula is C20H21FN2O6. The Morgan fingerprint density at radius 1 is 1.14 bits per heavy atom. The predicted octanol–water partition coefficient (Wildman–Crippen LogP) is 2.45. The summed E-state index contributed by atoms with van der Waals surface area (Å²) in [6, 6.07) is 8.10. The summed E-state index contributed by atoms with van der Waals surface area (Å²) in [4.78, 5) is 12.5. The zero-order valence-corrected chi connectivity index (χ0v) is 16.2. The van der Waals surface area contributed by atoms with Crippen LogP contribution in [-0.2, 0) is 9.53 Å². The first-order valence-corrected chi connectivity index (χ1v) is 8.74. The Kier molecular flexibility index (Phi) is 6.50. The van der Waals surface area contributed by atoms with Gasteiger partial charge >= 0.3 is 0 Å². The van der Waals surface area contributed by atoms with E-state index in [0.29, 0.717) is 30.3 Å². The monoisotopic (exact) mass is 404 g/mol. The van der Waals surface area contributed by atoms with E-state index in [2.05, 4.69) is 10.5 Å². The van der Waals surface area contributed by atoms with Crippen LogP contribution in [-0.4, -0.2) is 46.7 Å². The molecule has 0 spiro atoms. The van der Waals surface area contributed by atoms with Gasteiger partial charge in [-0.15, -0.1) is 0 Å². The number of amides is 1. The molecule has 0 saturated heterocycles. The van der Waals surface area contributed by atoms with Crippen LogP contribution in [0.3, 0.4) is 0 Å². The van der Waals surface area contributed by atoms with E-state index in [9.17, 15) is 9.18 Å². The molecule has 1 unspecified atom stereocenters. The van der Waals surface area contributed by atoms with E-state index in [4.69, 9.17) is 23.7 Å². The second-order valence-corrected chi connectivity index (χ2v) is 5.96. The van der Waals surface area contributed by atoms with Crippen LogP contribution in [0, 0.1) is 5.82 Å². The number of hydrogen-bond acceptors (Lipinski definition) is 7. The smallest absolute Gasteiger partial charge is 0.273 e. The zero-order valence-electron chi connectivity index (χ0n) is 16.2. The molecule has 1 N–H and O–H groups in total. The molecule has 3 rings (SSSR count). The Bertz CT molecular complexity index is 918. The van der Waals surface area contributed by atoms with Crippen LogP contribution in [0.2, 0.25) is 0 Å². The van der Waals surface area contributed by atoms with Crippen LogP contribution in [0.4, 0.5) is 4.39 Å². The summed E-state index contributed by atoms with van der Waals surface area (Å²) in [6.07, 6.45) is 0.240. The second kappa shape index (κ2) is 9.24. The average molecular weight is 404 g/mol. The SMILES string of the molecule is COc1ccc(C=NNC(=O)C(OC)c2ccc3c(c2)OCCO3)c(F)c1OC. The fourth-order valence-corrected chi connectivity index (χ4v) is 2.85. The van der Waals surface area contributed by atoms with E-state index in [0.717, 1.165) is 0 Å². The minimum Gasteiger partial charge on any atom is -0.493 e. The van der Waals surface area contributed by atoms with Crippen molar-refractivity contribution in [1.29, 1.82) is 0 Å². The van der Waals surface area contributed by atoms with Gasteiger partial charge in [-0.05, 0) is 29.8 Å². The van der Waals surface area contributed by atoms with Gasteiger partial charge in [0.2, 0.25) is 0 Å². The lowest BCUT2D eigenvalue weighted by molar-refractivity contribution is -0.131. The molecule has 1 amide bonds. The summed E-state index contributed by atoms with van der Waals surface area (Å²) in [5, 5.41) is 3.82. The van der Waals surface area contributed by atoms with Gasteiger partial charge in [-0.1, -0.05) is 6.07 Å². The first-order chi connectivity index (χ1) is 14.1. The van der Waals surface area contributed by atoms with E-state index in [-0.39, 0.29) is 17.1 Å². The van der Waals surface area contributed by atoms with Crippen LogP contribution in [0.1, 0.15) is 17.2 Å². The number of halogens is 1. The van der Waals surface area contributed by atoms with Crippen molar-refractivity contribution in [3.63, 3.8) is 0 Å². The third-order valence-electron chi connectivity index (χ3n) is 4.24. The van der Waals surface area contributed by atoms with E-state index >= 15 is 0 Å². The normalized spacial score (nSPS) is 13.8. The van der Waals surface area contributed by atoms with Gasteiger partial charge in [0, 0.05) is 12.7 Å². The lowest BCUT2D eigenvalue weighted by atomic mass is 10.1. The quantitative estimate of drug-likeness (QED) is 0.564. The van der Waals surface area contributed by atoms with Gasteiger partial charge < -0.3 is 23.7 Å². The van der Waals surface area contributed by atoms with E-state index in [1.807, 2.05) is 0 Å². The average Bonchev–Trinajstić information content (AvgIpc) is 2.75. The number of nitrogens with zero attached hydrogens (tertiary/aromatic N) is 1. The molecule has 8 nitrogen and oxygen atoms in total. The van der Waals surface area contributed by atoms with Crippen LogP contribution >= 0.6 is 0 Å². The summed E-state index contributed by atoms with van der Waals surface area (Å²) in [5.74, 6) is 0.177. The number of methoxy groups -OCH3 is 3. The number of nitrogens with one attached hydrogen (secondary N) is 1. The lowest BCUT2D eigenvalue weighted by Gasteiger charge is -2.20. The maximum atomic E-state index is 14.4. The van der Waals surface area contributed by atoms with E-state index in [1.165, 1.54) is 39.7 Å². The number of carbonyl (C=O) groups is 1. The van der Waals surface area contributed by atoms with Crippen molar-refractivity contribution >= 4 is 12.1 Å². The van der Waals surface area contributed by atoms with Crippen molar-refractivity contribution < 1.29 is 32.9 Å². The number of hydrazone groups is 1. The molecule has 0 bridgehead atoms. The van der Waals surface area contributed by atoms with Crippen molar-refractivity contribution in [3.05, 3.63) is 47.3 Å². The zero-order chi connectivity index (χ0) is 20.8. The van der Waals surface area contributed by atoms with Crippen LogP contribution < -0.4 is 24.4 Å². The Morgan fingerprint density at radius 3 is 2.59 bits per heavy atom. The van der Waals surface area contributed by atoms with Crippen LogP contribution in [0.5, 0.6) is 23.0 Å². The summed E-state index contributed by atoms with van der Waals surface area (Å²) in [6.45, 7) is 0.906. The summed E-state index contributed by atoms with van der Waals surface area (Å²) in [5.41, 5.74) is 3.04. The molecule has 2 aromatic rings. The largest absolute Gasteiger partial charge is 0.493 e. The lowest BCUT2D eigenvalue weighted by Crippen LogP contribution is -2.27. The second-order valence-electron chi connectivity index (χ2n) is 5.96. The molecule has 0 saturated carbocycles. The molecule has 29 heavy (non-hydrogen) atoms. The Hall–Kier alpha value is -3.33. The number of hydrogen-bond donors (Lipinski definition) is 1. The number of benzene rings is 2. The van der Waals surface area contributed by atoms with E-state index in [1.54, 1.807) is 18.2 Å². The van der Waals surface area contributed by atoms with Gasteiger partial charge in [0.15, 0.2) is 34.9 Å². The highest BCUT2D eigenvalue weighted by Gasteiger charge is 2.23. The maximum Gasteiger partial charge on any atom is 0.273 e. The molecule has 0 fully saturated rings. The fourth-order valence-electron chi connectivity index (χ4n) is 2.85. The number of carbonyl (C=O) groups excluding carboxylic acids is 1. The van der Waals surface area contributed by atoms with Gasteiger partial charge in [-0.25, -0.2) is 9.82 Å². The molecule has 0 aliphatic carbocycles. The number of rotatable bonds is 7. The Morgan fingerprint density at radius 2 is 1.90 bits per heavy atom. The summed E-state index contributed by atoms with van der Waals surface area (Å²) in [7, 11) is 4.15. The van der Waals surface area contributed by atoms with Crippen molar-refractivity contribution in [3.8, 4) is 23.0 Å².